The molecule has 2 aliphatic heterocycles. The molecule has 1 saturated carbocycles. The van der Waals surface area contributed by atoms with Crippen molar-refractivity contribution >= 4 is 11.8 Å². The van der Waals surface area contributed by atoms with Crippen LogP contribution in [0.15, 0.2) is 18.3 Å². The number of likely N-dealkylation sites (tertiary alicyclic amines) is 1. The van der Waals surface area contributed by atoms with Crippen molar-refractivity contribution in [1.29, 1.82) is 0 Å². The zero-order valence-electron chi connectivity index (χ0n) is 22.1. The normalized spacial score (nSPS) is 21.3. The van der Waals surface area contributed by atoms with Gasteiger partial charge in [-0.15, -0.1) is 0 Å². The standard InChI is InChI=1S/C29H38F2N4O3/c1-38-25-15-21(34-28-22(25)9-5-12-32-28)8-2-3-10-24(31)19-11-13-35(17-19)27(29(36)37)23-14-20(30)16-33-26(23)18-6-4-7-18/h14-16,18-19,24,27H,2-13,17H2,1H3,(H,32,34)(H,36,37)/t19-,24?,27-/m1/s1. The molecule has 1 unspecified atom stereocenters. The number of nitrogens with one attached hydrogen (secondary N) is 1. The number of halogens is 2. The van der Waals surface area contributed by atoms with Crippen LogP contribution in [-0.4, -0.2) is 58.9 Å². The van der Waals surface area contributed by atoms with E-state index >= 15 is 4.39 Å². The molecule has 2 N–H and O–H groups in total. The molecule has 38 heavy (non-hydrogen) atoms. The van der Waals surface area contributed by atoms with Gasteiger partial charge in [0.2, 0.25) is 0 Å². The smallest absolute Gasteiger partial charge is 0.325 e. The molecule has 3 aliphatic rings. The maximum atomic E-state index is 15.3. The molecule has 0 bridgehead atoms. The van der Waals surface area contributed by atoms with Crippen LogP contribution in [0.5, 0.6) is 5.75 Å². The van der Waals surface area contributed by atoms with Gasteiger partial charge in [0.15, 0.2) is 0 Å². The average Bonchev–Trinajstić information content (AvgIpc) is 3.36. The van der Waals surface area contributed by atoms with E-state index in [-0.39, 0.29) is 11.8 Å². The average molecular weight is 529 g/mol. The molecular weight excluding hydrogens is 490 g/mol. The lowest BCUT2D eigenvalue weighted by atomic mass is 9.80. The molecule has 1 saturated heterocycles. The third kappa shape index (κ3) is 5.77. The highest BCUT2D eigenvalue weighted by atomic mass is 19.1. The van der Waals surface area contributed by atoms with Crippen LogP contribution in [0.3, 0.4) is 0 Å². The molecule has 2 aromatic rings. The summed E-state index contributed by atoms with van der Waals surface area (Å²) in [5.74, 6) is 0.166. The van der Waals surface area contributed by atoms with Crippen molar-refractivity contribution in [3.8, 4) is 5.75 Å². The predicted molar refractivity (Wildman–Crippen MR) is 141 cm³/mol. The molecular formula is C29H38F2N4O3. The highest BCUT2D eigenvalue weighted by Crippen LogP contribution is 2.41. The Morgan fingerprint density at radius 3 is 2.84 bits per heavy atom. The monoisotopic (exact) mass is 528 g/mol. The van der Waals surface area contributed by atoms with Gasteiger partial charge in [0, 0.05) is 53.5 Å². The number of ether oxygens (including phenoxy) is 1. The zero-order valence-corrected chi connectivity index (χ0v) is 22.1. The number of pyridine rings is 2. The van der Waals surface area contributed by atoms with E-state index in [0.717, 1.165) is 80.7 Å². The SMILES string of the molecule is COc1cc(CCCCC(F)[C@@H]2CCN([C@@H](C(=O)O)c3cc(F)cnc3C3CCC3)C2)nc2c1CCCN2. The maximum Gasteiger partial charge on any atom is 0.325 e. The van der Waals surface area contributed by atoms with Gasteiger partial charge < -0.3 is 15.2 Å². The van der Waals surface area contributed by atoms with Crippen LogP contribution in [-0.2, 0) is 17.6 Å². The number of alkyl halides is 1. The number of hydrogen-bond donors (Lipinski definition) is 2. The van der Waals surface area contributed by atoms with E-state index in [9.17, 15) is 14.3 Å². The second-order valence-electron chi connectivity index (χ2n) is 11.0. The van der Waals surface area contributed by atoms with Crippen LogP contribution >= 0.6 is 0 Å². The van der Waals surface area contributed by atoms with Gasteiger partial charge in [-0.05, 0) is 64.0 Å². The molecule has 0 radical (unpaired) electrons. The summed E-state index contributed by atoms with van der Waals surface area (Å²) in [6.45, 7) is 1.75. The predicted octanol–water partition coefficient (Wildman–Crippen LogP) is 5.45. The number of unbranched alkanes of at least 4 members (excludes halogenated alkanes) is 1. The van der Waals surface area contributed by atoms with E-state index in [2.05, 4.69) is 10.3 Å². The Morgan fingerprint density at radius 1 is 1.26 bits per heavy atom. The number of rotatable bonds is 11. The zero-order chi connectivity index (χ0) is 26.6. The second kappa shape index (κ2) is 11.9. The molecule has 2 fully saturated rings. The van der Waals surface area contributed by atoms with Crippen molar-refractivity contribution in [1.82, 2.24) is 14.9 Å². The number of nitrogens with zero attached hydrogens (tertiary/aromatic N) is 3. The lowest BCUT2D eigenvalue weighted by Gasteiger charge is -2.31. The van der Waals surface area contributed by atoms with Crippen molar-refractivity contribution in [3.05, 3.63) is 46.7 Å². The summed E-state index contributed by atoms with van der Waals surface area (Å²) in [7, 11) is 1.68. The fourth-order valence-corrected chi connectivity index (χ4v) is 6.19. The minimum absolute atomic E-state index is 0.181. The van der Waals surface area contributed by atoms with Gasteiger partial charge in [-0.3, -0.25) is 14.7 Å². The van der Waals surface area contributed by atoms with Crippen molar-refractivity contribution in [2.24, 2.45) is 5.92 Å². The number of aliphatic carboxylic acids is 1. The van der Waals surface area contributed by atoms with E-state index in [0.29, 0.717) is 37.2 Å². The molecule has 0 spiro atoms. The summed E-state index contributed by atoms with van der Waals surface area (Å²) < 4.78 is 35.0. The number of hydrogen-bond acceptors (Lipinski definition) is 6. The highest BCUT2D eigenvalue weighted by Gasteiger charge is 2.39. The largest absolute Gasteiger partial charge is 0.496 e. The van der Waals surface area contributed by atoms with Crippen molar-refractivity contribution in [3.63, 3.8) is 0 Å². The van der Waals surface area contributed by atoms with Crippen LogP contribution in [0.25, 0.3) is 0 Å². The van der Waals surface area contributed by atoms with Crippen LogP contribution in [0, 0.1) is 11.7 Å². The number of aromatic nitrogens is 2. The highest BCUT2D eigenvalue weighted by molar-refractivity contribution is 5.76. The number of carbonyl (C=O) groups is 1. The van der Waals surface area contributed by atoms with Crippen LogP contribution in [0.1, 0.15) is 85.8 Å². The Morgan fingerprint density at radius 2 is 2.11 bits per heavy atom. The number of carboxylic acids is 1. The minimum Gasteiger partial charge on any atom is -0.496 e. The Kier molecular flexibility index (Phi) is 8.41. The van der Waals surface area contributed by atoms with E-state index in [1.54, 1.807) is 12.0 Å². The summed E-state index contributed by atoms with van der Waals surface area (Å²) in [5, 5.41) is 13.4. The number of methoxy groups -OCH3 is 1. The van der Waals surface area contributed by atoms with Crippen molar-refractivity contribution < 1.29 is 23.4 Å². The first-order valence-corrected chi connectivity index (χ1v) is 14.0. The molecule has 5 rings (SSSR count). The van der Waals surface area contributed by atoms with Gasteiger partial charge >= 0.3 is 5.97 Å². The molecule has 4 heterocycles. The van der Waals surface area contributed by atoms with Gasteiger partial charge in [-0.25, -0.2) is 13.8 Å². The van der Waals surface area contributed by atoms with E-state index in [4.69, 9.17) is 9.72 Å². The summed E-state index contributed by atoms with van der Waals surface area (Å²) in [6, 6.07) is 2.32. The number of anilines is 1. The van der Waals surface area contributed by atoms with E-state index < -0.39 is 24.0 Å². The molecule has 2 aromatic heterocycles. The summed E-state index contributed by atoms with van der Waals surface area (Å²) >= 11 is 0. The lowest BCUT2D eigenvalue weighted by molar-refractivity contribution is -0.143. The van der Waals surface area contributed by atoms with E-state index in [1.807, 2.05) is 6.07 Å². The van der Waals surface area contributed by atoms with Crippen LogP contribution in [0.2, 0.25) is 0 Å². The Labute approximate surface area is 223 Å². The topological polar surface area (TPSA) is 87.6 Å². The molecule has 0 amide bonds. The fourth-order valence-electron chi connectivity index (χ4n) is 6.19. The first kappa shape index (κ1) is 26.8. The van der Waals surface area contributed by atoms with Gasteiger partial charge in [-0.1, -0.05) is 12.8 Å². The Bertz CT molecular complexity index is 1130. The molecule has 0 aromatic carbocycles. The van der Waals surface area contributed by atoms with Gasteiger partial charge in [0.05, 0.1) is 13.3 Å². The third-order valence-electron chi connectivity index (χ3n) is 8.48. The first-order chi connectivity index (χ1) is 18.4. The molecule has 1 aliphatic carbocycles. The van der Waals surface area contributed by atoms with Crippen LogP contribution in [0.4, 0.5) is 14.6 Å². The molecule has 3 atom stereocenters. The fraction of sp³-hybridized carbons (Fsp3) is 0.621. The summed E-state index contributed by atoms with van der Waals surface area (Å²) in [6.07, 6.45) is 8.50. The number of carboxylic acid groups (broad SMARTS) is 1. The quantitative estimate of drug-likeness (QED) is 0.375. The minimum atomic E-state index is -1.03. The Balaban J connectivity index is 1.16. The summed E-state index contributed by atoms with van der Waals surface area (Å²) in [4.78, 5) is 23.2. The molecule has 206 valence electrons. The van der Waals surface area contributed by atoms with Crippen molar-refractivity contribution in [2.75, 3.05) is 32.1 Å². The van der Waals surface area contributed by atoms with Crippen LogP contribution < -0.4 is 10.1 Å². The second-order valence-corrected chi connectivity index (χ2v) is 11.0. The summed E-state index contributed by atoms with van der Waals surface area (Å²) in [5.41, 5.74) is 3.20. The molecule has 9 heteroatoms. The van der Waals surface area contributed by atoms with Gasteiger partial charge in [0.1, 0.15) is 29.6 Å². The number of aryl methyl sites for hydroxylation is 1. The van der Waals surface area contributed by atoms with E-state index in [1.165, 1.54) is 12.3 Å². The third-order valence-corrected chi connectivity index (χ3v) is 8.48. The maximum absolute atomic E-state index is 15.3. The van der Waals surface area contributed by atoms with Crippen molar-refractivity contribution in [2.45, 2.75) is 82.3 Å². The lowest BCUT2D eigenvalue weighted by Crippen LogP contribution is -2.35. The first-order valence-electron chi connectivity index (χ1n) is 14.0. The van der Waals surface area contributed by atoms with Gasteiger partial charge in [0.25, 0.3) is 0 Å². The number of fused-ring (bicyclic) bond motifs is 1. The van der Waals surface area contributed by atoms with Gasteiger partial charge in [-0.2, -0.15) is 0 Å². The molecule has 7 nitrogen and oxygen atoms in total. The Hall–Kier alpha value is -2.81.